The maximum atomic E-state index is 6.39. The molecule has 2 rings (SSSR count). The molecule has 2 fully saturated rings. The lowest BCUT2D eigenvalue weighted by atomic mass is 9.96. The first-order valence-electron chi connectivity index (χ1n) is 9.19. The molecule has 4 atom stereocenters. The lowest BCUT2D eigenvalue weighted by Gasteiger charge is -2.53. The molecule has 4 nitrogen and oxygen atoms in total. The molecule has 0 spiro atoms. The molecular weight excluding hydrogens is 280 g/mol. The summed E-state index contributed by atoms with van der Waals surface area (Å²) in [5, 5.41) is 0. The van der Waals surface area contributed by atoms with Gasteiger partial charge in [-0.2, -0.15) is 0 Å². The first-order valence-corrected chi connectivity index (χ1v) is 9.19. The Morgan fingerprint density at radius 2 is 1.68 bits per heavy atom. The van der Waals surface area contributed by atoms with Crippen molar-refractivity contribution >= 4 is 0 Å². The van der Waals surface area contributed by atoms with Crippen LogP contribution in [0.4, 0.5) is 0 Å². The predicted octanol–water partition coefficient (Wildman–Crippen LogP) is 4.41. The summed E-state index contributed by atoms with van der Waals surface area (Å²) < 4.78 is 24.9. The predicted molar refractivity (Wildman–Crippen MR) is 86.7 cm³/mol. The van der Waals surface area contributed by atoms with E-state index in [9.17, 15) is 0 Å². The third-order valence-corrected chi connectivity index (χ3v) is 4.89. The molecule has 130 valence electrons. The molecule has 0 aromatic carbocycles. The van der Waals surface area contributed by atoms with Crippen molar-refractivity contribution in [1.29, 1.82) is 0 Å². The minimum Gasteiger partial charge on any atom is -0.345 e. The molecule has 0 radical (unpaired) electrons. The second-order valence-electron chi connectivity index (χ2n) is 6.89. The van der Waals surface area contributed by atoms with Gasteiger partial charge in [-0.3, -0.25) is 0 Å². The summed E-state index contributed by atoms with van der Waals surface area (Å²) in [4.78, 5) is 0. The van der Waals surface area contributed by atoms with Crippen LogP contribution in [0.1, 0.15) is 79.1 Å². The van der Waals surface area contributed by atoms with Crippen molar-refractivity contribution in [2.45, 2.75) is 103 Å². The molecule has 0 aliphatic carbocycles. The van der Waals surface area contributed by atoms with E-state index in [1.54, 1.807) is 0 Å². The van der Waals surface area contributed by atoms with Gasteiger partial charge in [0, 0.05) is 6.42 Å². The van der Waals surface area contributed by atoms with E-state index < -0.39 is 11.6 Å². The van der Waals surface area contributed by atoms with Crippen LogP contribution in [0.25, 0.3) is 0 Å². The molecular formula is C18H34O4. The maximum Gasteiger partial charge on any atom is 0.223 e. The number of unbranched alkanes of at least 4 members (excludes halogenated alkanes) is 2. The zero-order chi connectivity index (χ0) is 16.1. The van der Waals surface area contributed by atoms with E-state index in [2.05, 4.69) is 20.8 Å². The molecule has 0 saturated carbocycles. The van der Waals surface area contributed by atoms with Crippen LogP contribution in [0.15, 0.2) is 0 Å². The highest BCUT2D eigenvalue weighted by Crippen LogP contribution is 2.43. The lowest BCUT2D eigenvalue weighted by molar-refractivity contribution is -0.448. The molecule has 0 amide bonds. The Hall–Kier alpha value is -0.160. The standard InChI is InChI=1S/C18H34O4/c1-5-7-9-16-11-14-19-17(4,22-16)18(12-8-6-2)20-13-10-15(3)21-18/h15-16H,5-14H2,1-4H3. The van der Waals surface area contributed by atoms with Crippen molar-refractivity contribution < 1.29 is 18.9 Å². The summed E-state index contributed by atoms with van der Waals surface area (Å²) in [5.74, 6) is -1.56. The van der Waals surface area contributed by atoms with E-state index in [1.165, 1.54) is 12.8 Å². The molecule has 0 aromatic heterocycles. The van der Waals surface area contributed by atoms with Gasteiger partial charge in [0.15, 0.2) is 0 Å². The van der Waals surface area contributed by atoms with E-state index in [0.29, 0.717) is 6.61 Å². The SMILES string of the molecule is CCCCC1CCOC(C)(C2(CCCC)OCCC(C)O2)O1. The average molecular weight is 314 g/mol. The Balaban J connectivity index is 2.13. The molecule has 0 bridgehead atoms. The van der Waals surface area contributed by atoms with Gasteiger partial charge >= 0.3 is 0 Å². The van der Waals surface area contributed by atoms with E-state index in [-0.39, 0.29) is 12.2 Å². The largest absolute Gasteiger partial charge is 0.345 e. The number of hydrogen-bond acceptors (Lipinski definition) is 4. The van der Waals surface area contributed by atoms with Crippen molar-refractivity contribution in [3.8, 4) is 0 Å². The third-order valence-electron chi connectivity index (χ3n) is 4.89. The minimum absolute atomic E-state index is 0.186. The second kappa shape index (κ2) is 8.09. The number of ether oxygens (including phenoxy) is 4. The van der Waals surface area contributed by atoms with Gasteiger partial charge in [0.2, 0.25) is 11.6 Å². The summed E-state index contributed by atoms with van der Waals surface area (Å²) in [7, 11) is 0. The van der Waals surface area contributed by atoms with Crippen LogP contribution in [-0.4, -0.2) is 37.0 Å². The number of hydrogen-bond donors (Lipinski definition) is 0. The van der Waals surface area contributed by atoms with Crippen molar-refractivity contribution in [1.82, 2.24) is 0 Å². The highest BCUT2D eigenvalue weighted by Gasteiger charge is 2.57. The monoisotopic (exact) mass is 314 g/mol. The van der Waals surface area contributed by atoms with Crippen molar-refractivity contribution in [3.05, 3.63) is 0 Å². The van der Waals surface area contributed by atoms with Gasteiger partial charge < -0.3 is 18.9 Å². The van der Waals surface area contributed by atoms with Crippen LogP contribution in [-0.2, 0) is 18.9 Å². The lowest BCUT2D eigenvalue weighted by Crippen LogP contribution is -2.64. The second-order valence-corrected chi connectivity index (χ2v) is 6.89. The molecule has 2 aliphatic heterocycles. The topological polar surface area (TPSA) is 36.9 Å². The van der Waals surface area contributed by atoms with Gasteiger partial charge in [-0.15, -0.1) is 0 Å². The van der Waals surface area contributed by atoms with Crippen LogP contribution in [0.3, 0.4) is 0 Å². The minimum atomic E-state index is -0.798. The fraction of sp³-hybridized carbons (Fsp3) is 1.00. The van der Waals surface area contributed by atoms with Crippen LogP contribution < -0.4 is 0 Å². The van der Waals surface area contributed by atoms with E-state index in [4.69, 9.17) is 18.9 Å². The summed E-state index contributed by atoms with van der Waals surface area (Å²) in [5.41, 5.74) is 0. The average Bonchev–Trinajstić information content (AvgIpc) is 2.51. The van der Waals surface area contributed by atoms with Crippen LogP contribution in [0.5, 0.6) is 0 Å². The number of rotatable bonds is 7. The smallest absolute Gasteiger partial charge is 0.223 e. The summed E-state index contributed by atoms with van der Waals surface area (Å²) >= 11 is 0. The van der Waals surface area contributed by atoms with Crippen LogP contribution >= 0.6 is 0 Å². The Morgan fingerprint density at radius 3 is 2.36 bits per heavy atom. The summed E-state index contributed by atoms with van der Waals surface area (Å²) in [6, 6.07) is 0. The Labute approximate surface area is 135 Å². The van der Waals surface area contributed by atoms with Crippen LogP contribution in [0.2, 0.25) is 0 Å². The molecule has 0 N–H and O–H groups in total. The highest BCUT2D eigenvalue weighted by atomic mass is 16.8. The Morgan fingerprint density at radius 1 is 0.955 bits per heavy atom. The van der Waals surface area contributed by atoms with Gasteiger partial charge in [0.05, 0.1) is 25.4 Å². The van der Waals surface area contributed by atoms with Crippen molar-refractivity contribution in [2.75, 3.05) is 13.2 Å². The first-order chi connectivity index (χ1) is 10.6. The quantitative estimate of drug-likeness (QED) is 0.697. The summed E-state index contributed by atoms with van der Waals surface area (Å²) in [6.07, 6.45) is 8.81. The maximum absolute atomic E-state index is 6.39. The summed E-state index contributed by atoms with van der Waals surface area (Å²) in [6.45, 7) is 9.97. The van der Waals surface area contributed by atoms with E-state index >= 15 is 0 Å². The third kappa shape index (κ3) is 4.02. The first kappa shape index (κ1) is 18.2. The zero-order valence-electron chi connectivity index (χ0n) is 14.9. The highest BCUT2D eigenvalue weighted by molar-refractivity contribution is 4.91. The molecule has 22 heavy (non-hydrogen) atoms. The van der Waals surface area contributed by atoms with Crippen molar-refractivity contribution in [2.24, 2.45) is 0 Å². The van der Waals surface area contributed by atoms with Gasteiger partial charge in [0.25, 0.3) is 0 Å². The molecule has 2 saturated heterocycles. The molecule has 4 unspecified atom stereocenters. The molecule has 4 heteroatoms. The fourth-order valence-corrected chi connectivity index (χ4v) is 3.44. The van der Waals surface area contributed by atoms with Gasteiger partial charge in [-0.25, -0.2) is 0 Å². The van der Waals surface area contributed by atoms with Crippen LogP contribution in [0, 0.1) is 0 Å². The molecule has 2 heterocycles. The fourth-order valence-electron chi connectivity index (χ4n) is 3.44. The van der Waals surface area contributed by atoms with E-state index in [0.717, 1.165) is 45.1 Å². The van der Waals surface area contributed by atoms with Crippen molar-refractivity contribution in [3.63, 3.8) is 0 Å². The molecule has 2 aliphatic rings. The van der Waals surface area contributed by atoms with Gasteiger partial charge in [0.1, 0.15) is 0 Å². The molecule has 0 aromatic rings. The van der Waals surface area contributed by atoms with E-state index in [1.807, 2.05) is 6.92 Å². The van der Waals surface area contributed by atoms with Gasteiger partial charge in [-0.05, 0) is 39.5 Å². The normalized spacial score (nSPS) is 39.8. The Kier molecular flexibility index (Phi) is 6.69. The zero-order valence-corrected chi connectivity index (χ0v) is 14.9. The van der Waals surface area contributed by atoms with Gasteiger partial charge in [-0.1, -0.05) is 33.1 Å². The Bertz CT molecular complexity index is 335.